The van der Waals surface area contributed by atoms with Crippen LogP contribution in [-0.2, 0) is 53.8 Å². The molecule has 1 unspecified atom stereocenters. The predicted molar refractivity (Wildman–Crippen MR) is 220 cm³/mol. The second-order valence-electron chi connectivity index (χ2n) is 16.0. The van der Waals surface area contributed by atoms with Gasteiger partial charge in [0.2, 0.25) is 5.91 Å². The van der Waals surface area contributed by atoms with Gasteiger partial charge in [-0.15, -0.1) is 0 Å². The molecule has 2 aromatic heterocycles. The van der Waals surface area contributed by atoms with E-state index in [1.807, 2.05) is 48.5 Å². The number of cyclic esters (lactones) is 1. The smallest absolute Gasteiger partial charge is 0.407 e. The number of pyridine rings is 2. The lowest BCUT2D eigenvalue weighted by Crippen LogP contribution is -2.44. The number of carbonyl (C=O) groups excluding carboxylic acids is 4. The van der Waals surface area contributed by atoms with Crippen molar-refractivity contribution in [2.24, 2.45) is 0 Å². The lowest BCUT2D eigenvalue weighted by molar-refractivity contribution is -0.172. The summed E-state index contributed by atoms with van der Waals surface area (Å²) in [6.45, 7) is 4.14. The monoisotopic (exact) mass is 829 g/mol. The lowest BCUT2D eigenvalue weighted by Gasteiger charge is -2.36. The number of aliphatic hydroxyl groups is 1. The summed E-state index contributed by atoms with van der Waals surface area (Å²) in [5.74, 6) is -2.33. The molecular formula is C46H44FN5O9. The van der Waals surface area contributed by atoms with E-state index in [9.17, 15) is 29.1 Å². The first-order valence-corrected chi connectivity index (χ1v) is 20.4. The van der Waals surface area contributed by atoms with Gasteiger partial charge in [-0.1, -0.05) is 55.5 Å². The third kappa shape index (κ3) is 6.45. The van der Waals surface area contributed by atoms with E-state index < -0.39 is 47.1 Å². The number of hydrogen-bond donors (Lipinski definition) is 3. The van der Waals surface area contributed by atoms with E-state index in [2.05, 4.69) is 10.6 Å². The zero-order valence-electron chi connectivity index (χ0n) is 34.1. The number of nitrogens with one attached hydrogen (secondary N) is 2. The molecule has 0 radical (unpaired) electrons. The van der Waals surface area contributed by atoms with Crippen molar-refractivity contribution in [3.05, 3.63) is 121 Å². The molecule has 3 amide bonds. The first-order valence-electron chi connectivity index (χ1n) is 20.4. The summed E-state index contributed by atoms with van der Waals surface area (Å²) in [6.07, 6.45) is -0.864. The van der Waals surface area contributed by atoms with Crippen LogP contribution in [0.15, 0.2) is 65.5 Å². The molecule has 3 atom stereocenters. The quantitative estimate of drug-likeness (QED) is 0.126. The molecule has 9 rings (SSSR count). The van der Waals surface area contributed by atoms with Crippen LogP contribution in [0.2, 0.25) is 0 Å². The van der Waals surface area contributed by atoms with Crippen LogP contribution in [0, 0.1) is 12.7 Å². The first-order chi connectivity index (χ1) is 29.3. The lowest BCUT2D eigenvalue weighted by atomic mass is 9.81. The number of rotatable bonds is 10. The number of benzene rings is 3. The number of hydrogen-bond acceptors (Lipinski definition) is 10. The minimum atomic E-state index is -2.02. The van der Waals surface area contributed by atoms with Crippen LogP contribution in [0.3, 0.4) is 0 Å². The van der Waals surface area contributed by atoms with E-state index in [0.29, 0.717) is 46.3 Å². The van der Waals surface area contributed by atoms with Crippen molar-refractivity contribution in [2.75, 3.05) is 26.9 Å². The third-order valence-electron chi connectivity index (χ3n) is 12.9. The topological polar surface area (TPSA) is 178 Å². The minimum absolute atomic E-state index is 0.0179. The Morgan fingerprint density at radius 2 is 1.75 bits per heavy atom. The summed E-state index contributed by atoms with van der Waals surface area (Å²) >= 11 is 0. The van der Waals surface area contributed by atoms with Gasteiger partial charge in [0.15, 0.2) is 5.60 Å². The molecule has 314 valence electrons. The van der Waals surface area contributed by atoms with Gasteiger partial charge in [0.1, 0.15) is 38.4 Å². The van der Waals surface area contributed by atoms with Gasteiger partial charge in [-0.3, -0.25) is 14.4 Å². The van der Waals surface area contributed by atoms with E-state index in [0.717, 1.165) is 33.4 Å². The summed E-state index contributed by atoms with van der Waals surface area (Å²) < 4.78 is 33.4. The van der Waals surface area contributed by atoms with Crippen molar-refractivity contribution >= 4 is 34.8 Å². The average Bonchev–Trinajstić information content (AvgIpc) is 3.80. The SMILES string of the molecule is CC[C@@]1(O)C(=O)OCc2c1cc1n(c2=O)Cc2c-1nc1cc(F)c(C)c3c1c2[C@@H](N(C)C(=O)C(C)OCNC(=O)CNC(=O)OCC1c2ccccc2-c2ccccc21)CC3. The van der Waals surface area contributed by atoms with Gasteiger partial charge in [-0.2, -0.15) is 0 Å². The molecule has 2 aliphatic heterocycles. The number of amides is 3. The maximum absolute atomic E-state index is 15.4. The molecule has 3 N–H and O–H groups in total. The summed E-state index contributed by atoms with van der Waals surface area (Å²) in [5, 5.41) is 17.1. The average molecular weight is 830 g/mol. The summed E-state index contributed by atoms with van der Waals surface area (Å²) in [4.78, 5) is 72.5. The van der Waals surface area contributed by atoms with Crippen molar-refractivity contribution in [3.63, 3.8) is 0 Å². The molecular weight excluding hydrogens is 786 g/mol. The summed E-state index contributed by atoms with van der Waals surface area (Å²) in [5.41, 5.74) is 6.05. The van der Waals surface area contributed by atoms with Crippen molar-refractivity contribution in [3.8, 4) is 22.5 Å². The Morgan fingerprint density at radius 3 is 2.46 bits per heavy atom. The molecule has 0 fully saturated rings. The van der Waals surface area contributed by atoms with E-state index in [4.69, 9.17) is 19.2 Å². The van der Waals surface area contributed by atoms with Crippen LogP contribution in [0.4, 0.5) is 9.18 Å². The molecule has 14 nitrogen and oxygen atoms in total. The fraction of sp³-hybridized carbons (Fsp3) is 0.348. The molecule has 3 aromatic carbocycles. The Kier molecular flexibility index (Phi) is 9.98. The standard InChI is InChI=1S/C46H44FN5O9/c1-5-46(58)33-16-37-41-30(19-52(37)43(55)32(33)21-59-44(46)56)40-36(15-14-25-23(2)34(47)17-35(50-41)39(25)40)51(4)42(54)24(3)61-22-49-38(53)18-48-45(57)60-20-31-28-12-8-6-10-26(28)27-11-7-9-13-29(27)31/h6-13,16-17,24,31,36,58H,5,14-15,18-22H2,1-4H3,(H,48,57)(H,49,53)/t24?,36-,46-/m0/s1. The molecule has 4 aliphatic rings. The number of aromatic nitrogens is 2. The van der Waals surface area contributed by atoms with Crippen LogP contribution in [0.1, 0.15) is 83.2 Å². The van der Waals surface area contributed by atoms with Gasteiger partial charge in [-0.25, -0.2) is 19.0 Å². The zero-order chi connectivity index (χ0) is 42.9. The van der Waals surface area contributed by atoms with E-state index >= 15 is 4.39 Å². The van der Waals surface area contributed by atoms with E-state index in [1.165, 1.54) is 10.6 Å². The number of carbonyl (C=O) groups is 4. The second-order valence-corrected chi connectivity index (χ2v) is 16.0. The van der Waals surface area contributed by atoms with E-state index in [-0.39, 0.29) is 62.4 Å². The maximum atomic E-state index is 15.4. The highest BCUT2D eigenvalue weighted by molar-refractivity contribution is 5.94. The Balaban J connectivity index is 0.873. The Hall–Kier alpha value is -6.45. The number of aryl methyl sites for hydroxylation is 1. The third-order valence-corrected chi connectivity index (χ3v) is 12.9. The molecule has 2 aliphatic carbocycles. The summed E-state index contributed by atoms with van der Waals surface area (Å²) in [6, 6.07) is 18.4. The van der Waals surface area contributed by atoms with Crippen molar-refractivity contribution in [2.45, 2.75) is 76.9 Å². The van der Waals surface area contributed by atoms with Crippen molar-refractivity contribution in [1.82, 2.24) is 25.1 Å². The number of likely N-dealkylation sites (N-methyl/N-ethyl adjacent to an activating group) is 1. The van der Waals surface area contributed by atoms with Gasteiger partial charge in [-0.05, 0) is 78.1 Å². The molecule has 0 bridgehead atoms. The number of fused-ring (bicyclic) bond motifs is 8. The van der Waals surface area contributed by atoms with Gasteiger partial charge in [0.25, 0.3) is 11.5 Å². The fourth-order valence-corrected chi connectivity index (χ4v) is 9.54. The van der Waals surface area contributed by atoms with Gasteiger partial charge in [0, 0.05) is 35.5 Å². The Labute approximate surface area is 349 Å². The number of nitrogens with zero attached hydrogens (tertiary/aromatic N) is 3. The highest BCUT2D eigenvalue weighted by Gasteiger charge is 2.46. The van der Waals surface area contributed by atoms with Gasteiger partial charge < -0.3 is 39.4 Å². The highest BCUT2D eigenvalue weighted by atomic mass is 19.1. The number of ether oxygens (including phenoxy) is 3. The first kappa shape index (κ1) is 40.0. The van der Waals surface area contributed by atoms with Crippen LogP contribution in [0.5, 0.6) is 0 Å². The molecule has 0 saturated carbocycles. The maximum Gasteiger partial charge on any atom is 0.407 e. The second kappa shape index (κ2) is 15.2. The zero-order valence-corrected chi connectivity index (χ0v) is 34.1. The van der Waals surface area contributed by atoms with Crippen LogP contribution in [0.25, 0.3) is 33.4 Å². The molecule has 15 heteroatoms. The number of alkyl carbamates (subject to hydrolysis) is 1. The van der Waals surface area contributed by atoms with Gasteiger partial charge >= 0.3 is 12.1 Å². The van der Waals surface area contributed by atoms with Gasteiger partial charge in [0.05, 0.1) is 35.1 Å². The molecule has 5 aromatic rings. The normalized spacial score (nSPS) is 18.6. The fourth-order valence-electron chi connectivity index (χ4n) is 9.54. The largest absolute Gasteiger partial charge is 0.458 e. The highest BCUT2D eigenvalue weighted by Crippen LogP contribution is 2.48. The summed E-state index contributed by atoms with van der Waals surface area (Å²) in [7, 11) is 1.65. The van der Waals surface area contributed by atoms with Crippen LogP contribution >= 0.6 is 0 Å². The van der Waals surface area contributed by atoms with E-state index in [1.54, 1.807) is 38.8 Å². The number of esters is 1. The van der Waals surface area contributed by atoms with Crippen molar-refractivity contribution < 1.29 is 42.9 Å². The number of halogens is 1. The predicted octanol–water partition coefficient (Wildman–Crippen LogP) is 4.99. The Bertz CT molecular complexity index is 2720. The van der Waals surface area contributed by atoms with Crippen LogP contribution < -0.4 is 16.2 Å². The van der Waals surface area contributed by atoms with Crippen LogP contribution in [-0.4, -0.2) is 76.5 Å². The van der Waals surface area contributed by atoms with Crippen molar-refractivity contribution in [1.29, 1.82) is 0 Å². The molecule has 4 heterocycles. The molecule has 0 saturated heterocycles. The Morgan fingerprint density at radius 1 is 1.05 bits per heavy atom. The minimum Gasteiger partial charge on any atom is -0.458 e. The molecule has 0 spiro atoms. The molecule has 61 heavy (non-hydrogen) atoms.